The number of hydrogen-bond acceptors (Lipinski definition) is 4. The van der Waals surface area contributed by atoms with Gasteiger partial charge in [0.2, 0.25) is 0 Å². The summed E-state index contributed by atoms with van der Waals surface area (Å²) in [6, 6.07) is 0. The molecule has 0 atom stereocenters. The summed E-state index contributed by atoms with van der Waals surface area (Å²) in [5, 5.41) is 0. The van der Waals surface area contributed by atoms with Gasteiger partial charge in [0.05, 0.1) is 5.41 Å². The van der Waals surface area contributed by atoms with Crippen LogP contribution in [0.3, 0.4) is 0 Å². The second-order valence-electron chi connectivity index (χ2n) is 8.63. The SMILES string of the molecule is CCCC(CCC)(CCC)OC(=O)N1CCC(OC(=O)C(C)(C)CC)CC1. The third-order valence-corrected chi connectivity index (χ3v) is 5.83. The van der Waals surface area contributed by atoms with E-state index in [4.69, 9.17) is 9.47 Å². The lowest BCUT2D eigenvalue weighted by Gasteiger charge is -2.38. The van der Waals surface area contributed by atoms with E-state index in [2.05, 4.69) is 20.8 Å². The van der Waals surface area contributed by atoms with E-state index < -0.39 is 5.41 Å². The van der Waals surface area contributed by atoms with E-state index in [0.29, 0.717) is 25.9 Å². The molecule has 0 bridgehead atoms. The quantitative estimate of drug-likeness (QED) is 0.454. The lowest BCUT2D eigenvalue weighted by molar-refractivity contribution is -0.161. The highest BCUT2D eigenvalue weighted by Gasteiger charge is 2.36. The van der Waals surface area contributed by atoms with E-state index in [1.54, 1.807) is 4.90 Å². The average Bonchev–Trinajstić information content (AvgIpc) is 2.62. The topological polar surface area (TPSA) is 55.8 Å². The summed E-state index contributed by atoms with van der Waals surface area (Å²) >= 11 is 0. The van der Waals surface area contributed by atoms with E-state index in [1.165, 1.54) is 0 Å². The third kappa shape index (κ3) is 7.00. The van der Waals surface area contributed by atoms with Gasteiger partial charge in [-0.15, -0.1) is 0 Å². The van der Waals surface area contributed by atoms with E-state index in [0.717, 1.165) is 44.9 Å². The minimum Gasteiger partial charge on any atom is -0.462 e. The molecular weight excluding hydrogens is 342 g/mol. The summed E-state index contributed by atoms with van der Waals surface area (Å²) < 4.78 is 11.7. The molecule has 0 spiro atoms. The molecule has 0 aromatic rings. The van der Waals surface area contributed by atoms with E-state index >= 15 is 0 Å². The molecule has 27 heavy (non-hydrogen) atoms. The van der Waals surface area contributed by atoms with Gasteiger partial charge in [0.1, 0.15) is 11.7 Å². The van der Waals surface area contributed by atoms with Crippen molar-refractivity contribution in [3.05, 3.63) is 0 Å². The maximum Gasteiger partial charge on any atom is 0.410 e. The zero-order valence-electron chi connectivity index (χ0n) is 18.4. The normalized spacial score (nSPS) is 16.3. The Labute approximate surface area is 166 Å². The van der Waals surface area contributed by atoms with Gasteiger partial charge in [0.15, 0.2) is 0 Å². The van der Waals surface area contributed by atoms with E-state index in [1.807, 2.05) is 20.8 Å². The van der Waals surface area contributed by atoms with Gasteiger partial charge in [-0.3, -0.25) is 4.79 Å². The lowest BCUT2D eigenvalue weighted by atomic mass is 9.88. The zero-order valence-corrected chi connectivity index (χ0v) is 18.4. The molecule has 1 heterocycles. The number of nitrogens with zero attached hydrogens (tertiary/aromatic N) is 1. The van der Waals surface area contributed by atoms with Crippen molar-refractivity contribution < 1.29 is 19.1 Å². The number of rotatable bonds is 10. The highest BCUT2D eigenvalue weighted by atomic mass is 16.6. The average molecular weight is 384 g/mol. The summed E-state index contributed by atoms with van der Waals surface area (Å²) in [5.74, 6) is -0.140. The number of esters is 1. The van der Waals surface area contributed by atoms with Crippen LogP contribution in [-0.4, -0.2) is 41.8 Å². The highest BCUT2D eigenvalue weighted by molar-refractivity contribution is 5.76. The van der Waals surface area contributed by atoms with Gasteiger partial charge in [-0.25, -0.2) is 4.79 Å². The van der Waals surface area contributed by atoms with Gasteiger partial charge in [0, 0.05) is 25.9 Å². The Morgan fingerprint density at radius 3 is 1.81 bits per heavy atom. The van der Waals surface area contributed by atoms with Crippen LogP contribution in [0.25, 0.3) is 0 Å². The van der Waals surface area contributed by atoms with Crippen LogP contribution in [0.1, 0.15) is 99.3 Å². The molecule has 5 nitrogen and oxygen atoms in total. The fourth-order valence-electron chi connectivity index (χ4n) is 3.76. The van der Waals surface area contributed by atoms with Crippen molar-refractivity contribution in [3.8, 4) is 0 Å². The molecule has 1 fully saturated rings. The first-order valence-electron chi connectivity index (χ1n) is 10.9. The number of hydrogen-bond donors (Lipinski definition) is 0. The predicted octanol–water partition coefficient (Wildman–Crippen LogP) is 5.71. The van der Waals surface area contributed by atoms with Crippen LogP contribution >= 0.6 is 0 Å². The van der Waals surface area contributed by atoms with Crippen LogP contribution in [0, 0.1) is 5.41 Å². The molecule has 0 N–H and O–H groups in total. The van der Waals surface area contributed by atoms with Gasteiger partial charge in [-0.1, -0.05) is 47.0 Å². The van der Waals surface area contributed by atoms with Gasteiger partial charge in [-0.2, -0.15) is 0 Å². The fraction of sp³-hybridized carbons (Fsp3) is 0.909. The number of ether oxygens (including phenoxy) is 2. The highest BCUT2D eigenvalue weighted by Crippen LogP contribution is 2.31. The molecule has 0 radical (unpaired) electrons. The molecule has 0 saturated carbocycles. The largest absolute Gasteiger partial charge is 0.462 e. The van der Waals surface area contributed by atoms with Crippen LogP contribution in [0.5, 0.6) is 0 Å². The Morgan fingerprint density at radius 2 is 1.41 bits per heavy atom. The summed E-state index contributed by atoms with van der Waals surface area (Å²) in [7, 11) is 0. The smallest absolute Gasteiger partial charge is 0.410 e. The maximum absolute atomic E-state index is 12.8. The van der Waals surface area contributed by atoms with Crippen molar-refractivity contribution in [2.75, 3.05) is 13.1 Å². The van der Waals surface area contributed by atoms with Crippen LogP contribution in [0.15, 0.2) is 0 Å². The summed E-state index contributed by atoms with van der Waals surface area (Å²) in [5.41, 5.74) is -0.778. The van der Waals surface area contributed by atoms with Crippen molar-refractivity contribution in [2.24, 2.45) is 5.41 Å². The first kappa shape index (κ1) is 23.8. The third-order valence-electron chi connectivity index (χ3n) is 5.83. The number of likely N-dealkylation sites (tertiary alicyclic amines) is 1. The zero-order chi connectivity index (χ0) is 20.5. The Balaban J connectivity index is 2.60. The van der Waals surface area contributed by atoms with E-state index in [-0.39, 0.29) is 23.8 Å². The summed E-state index contributed by atoms with van der Waals surface area (Å²) in [6.07, 6.45) is 7.61. The van der Waals surface area contributed by atoms with Crippen molar-refractivity contribution in [1.29, 1.82) is 0 Å². The molecule has 158 valence electrons. The molecular formula is C22H41NO4. The van der Waals surface area contributed by atoms with Gasteiger partial charge in [0.25, 0.3) is 0 Å². The Kier molecular flexibility index (Phi) is 9.61. The summed E-state index contributed by atoms with van der Waals surface area (Å²) in [6.45, 7) is 13.4. The Hall–Kier alpha value is -1.26. The fourth-order valence-corrected chi connectivity index (χ4v) is 3.76. The lowest BCUT2D eigenvalue weighted by Crippen LogP contribution is -2.46. The molecule has 1 saturated heterocycles. The molecule has 1 aliphatic heterocycles. The predicted molar refractivity (Wildman–Crippen MR) is 109 cm³/mol. The van der Waals surface area contributed by atoms with Gasteiger partial charge < -0.3 is 14.4 Å². The number of piperidine rings is 1. The van der Waals surface area contributed by atoms with Crippen molar-refractivity contribution >= 4 is 12.1 Å². The van der Waals surface area contributed by atoms with Crippen LogP contribution in [0.2, 0.25) is 0 Å². The monoisotopic (exact) mass is 383 g/mol. The molecule has 0 unspecified atom stereocenters. The molecule has 5 heteroatoms. The molecule has 0 aromatic carbocycles. The number of amides is 1. The minimum atomic E-state index is -0.448. The Morgan fingerprint density at radius 1 is 0.926 bits per heavy atom. The Bertz CT molecular complexity index is 450. The van der Waals surface area contributed by atoms with Crippen LogP contribution < -0.4 is 0 Å². The van der Waals surface area contributed by atoms with E-state index in [9.17, 15) is 9.59 Å². The first-order chi connectivity index (χ1) is 12.7. The number of carbonyl (C=O) groups excluding carboxylic acids is 2. The van der Waals surface area contributed by atoms with Crippen molar-refractivity contribution in [3.63, 3.8) is 0 Å². The molecule has 0 aliphatic carbocycles. The van der Waals surface area contributed by atoms with Gasteiger partial charge in [-0.05, 0) is 39.5 Å². The molecule has 0 aromatic heterocycles. The van der Waals surface area contributed by atoms with Crippen molar-refractivity contribution in [2.45, 2.75) is 111 Å². The summed E-state index contributed by atoms with van der Waals surface area (Å²) in [4.78, 5) is 26.8. The second-order valence-corrected chi connectivity index (χ2v) is 8.63. The van der Waals surface area contributed by atoms with Gasteiger partial charge >= 0.3 is 12.1 Å². The van der Waals surface area contributed by atoms with Crippen LogP contribution in [0.4, 0.5) is 4.79 Å². The minimum absolute atomic E-state index is 0.0981. The molecule has 1 aliphatic rings. The standard InChI is InChI=1S/C22H41NO4/c1-7-13-22(14-8-2,15-9-3)27-20(25)23-16-11-18(12-17-23)26-19(24)21(5,6)10-4/h18H,7-17H2,1-6H3. The number of carbonyl (C=O) groups is 2. The van der Waals surface area contributed by atoms with Crippen molar-refractivity contribution in [1.82, 2.24) is 4.90 Å². The maximum atomic E-state index is 12.8. The molecule has 1 rings (SSSR count). The second kappa shape index (κ2) is 10.9. The first-order valence-corrected chi connectivity index (χ1v) is 10.9. The van der Waals surface area contributed by atoms with Crippen LogP contribution in [-0.2, 0) is 14.3 Å². The molecule has 1 amide bonds.